The third-order valence-corrected chi connectivity index (χ3v) is 4.63. The van der Waals surface area contributed by atoms with Gasteiger partial charge in [0.05, 0.1) is 15.4 Å². The van der Waals surface area contributed by atoms with Crippen molar-refractivity contribution in [1.82, 2.24) is 0 Å². The average Bonchev–Trinajstić information content (AvgIpc) is 2.46. The summed E-state index contributed by atoms with van der Waals surface area (Å²) in [6, 6.07) is 6.22. The van der Waals surface area contributed by atoms with E-state index in [1.807, 2.05) is 0 Å². The number of carboxylic acids is 1. The monoisotopic (exact) mass is 325 g/mol. The van der Waals surface area contributed by atoms with Crippen molar-refractivity contribution in [3.8, 4) is 0 Å². The molecule has 0 aliphatic rings. The highest BCUT2D eigenvalue weighted by Gasteiger charge is 2.28. The molecule has 0 saturated carbocycles. The van der Waals surface area contributed by atoms with Crippen LogP contribution in [0.15, 0.2) is 52.3 Å². The van der Waals surface area contributed by atoms with Gasteiger partial charge < -0.3 is 5.11 Å². The van der Waals surface area contributed by atoms with E-state index in [1.54, 1.807) is 0 Å². The number of rotatable bonds is 4. The van der Waals surface area contributed by atoms with E-state index in [-0.39, 0.29) is 4.90 Å². The molecule has 0 fully saturated rings. The maximum Gasteiger partial charge on any atom is 0.335 e. The highest BCUT2D eigenvalue weighted by molar-refractivity contribution is 7.91. The number of carbonyl (C=O) groups is 1. The van der Waals surface area contributed by atoms with Crippen molar-refractivity contribution in [2.45, 2.75) is 9.79 Å². The summed E-state index contributed by atoms with van der Waals surface area (Å²) in [5.41, 5.74) is -1.27. The summed E-state index contributed by atoms with van der Waals surface area (Å²) in [6.45, 7) is 0. The van der Waals surface area contributed by atoms with E-state index in [2.05, 4.69) is 0 Å². The maximum absolute atomic E-state index is 12.9. The minimum Gasteiger partial charge on any atom is -0.478 e. The van der Waals surface area contributed by atoms with Crippen molar-refractivity contribution in [3.63, 3.8) is 0 Å². The smallest absolute Gasteiger partial charge is 0.335 e. The van der Waals surface area contributed by atoms with Crippen LogP contribution in [0.5, 0.6) is 0 Å². The fraction of sp³-hybridized carbons (Fsp3) is 0. The van der Waals surface area contributed by atoms with Gasteiger partial charge in [-0.25, -0.2) is 17.6 Å². The van der Waals surface area contributed by atoms with Crippen molar-refractivity contribution in [3.05, 3.63) is 64.0 Å². The van der Waals surface area contributed by atoms with Gasteiger partial charge in [-0.15, -0.1) is 0 Å². The summed E-state index contributed by atoms with van der Waals surface area (Å²) in [4.78, 5) is 19.9. The molecule has 7 nitrogen and oxygen atoms in total. The molecule has 0 spiro atoms. The summed E-state index contributed by atoms with van der Waals surface area (Å²) in [6.07, 6.45) is 0. The molecule has 22 heavy (non-hydrogen) atoms. The van der Waals surface area contributed by atoms with Gasteiger partial charge in [0.1, 0.15) is 10.7 Å². The van der Waals surface area contributed by atoms with Crippen molar-refractivity contribution in [1.29, 1.82) is 0 Å². The second kappa shape index (κ2) is 5.53. The maximum atomic E-state index is 12.9. The van der Waals surface area contributed by atoms with E-state index in [0.29, 0.717) is 6.07 Å². The summed E-state index contributed by atoms with van der Waals surface area (Å²) in [5.74, 6) is -2.08. The van der Waals surface area contributed by atoms with Crippen LogP contribution in [0.3, 0.4) is 0 Å². The van der Waals surface area contributed by atoms with E-state index in [1.165, 1.54) is 0 Å². The molecule has 2 aromatic rings. The van der Waals surface area contributed by atoms with Crippen LogP contribution in [-0.4, -0.2) is 24.4 Å². The molecule has 0 heterocycles. The first-order valence-corrected chi connectivity index (χ1v) is 7.24. The van der Waals surface area contributed by atoms with Gasteiger partial charge in [-0.2, -0.15) is 0 Å². The molecule has 114 valence electrons. The Morgan fingerprint density at radius 2 is 1.73 bits per heavy atom. The van der Waals surface area contributed by atoms with Crippen LogP contribution in [-0.2, 0) is 9.84 Å². The fourth-order valence-electron chi connectivity index (χ4n) is 1.76. The van der Waals surface area contributed by atoms with Gasteiger partial charge in [-0.05, 0) is 36.4 Å². The van der Waals surface area contributed by atoms with Crippen molar-refractivity contribution >= 4 is 21.5 Å². The molecule has 0 aliphatic carbocycles. The van der Waals surface area contributed by atoms with Gasteiger partial charge in [-0.3, -0.25) is 10.1 Å². The Morgan fingerprint density at radius 3 is 2.23 bits per heavy atom. The number of carboxylic acid groups (broad SMARTS) is 1. The summed E-state index contributed by atoms with van der Waals surface area (Å²) in [5, 5.41) is 19.8. The molecular formula is C13H8FNO6S. The van der Waals surface area contributed by atoms with Crippen LogP contribution >= 0.6 is 0 Å². The molecule has 0 atom stereocenters. The topological polar surface area (TPSA) is 115 Å². The van der Waals surface area contributed by atoms with Crippen molar-refractivity contribution in [2.75, 3.05) is 0 Å². The van der Waals surface area contributed by atoms with Gasteiger partial charge in [0, 0.05) is 6.07 Å². The average molecular weight is 325 g/mol. The van der Waals surface area contributed by atoms with Crippen LogP contribution in [0.4, 0.5) is 10.1 Å². The van der Waals surface area contributed by atoms with Gasteiger partial charge in [0.15, 0.2) is 0 Å². The lowest BCUT2D eigenvalue weighted by Crippen LogP contribution is -2.07. The standard InChI is InChI=1S/C13H8FNO6S/c14-9-2-4-10(5-3-9)22(20,21)12-6-1-8(13(16)17)7-11(12)15(18)19/h1-7H,(H,16,17). The second-order valence-electron chi connectivity index (χ2n) is 4.20. The number of nitro groups is 1. The molecule has 0 radical (unpaired) electrons. The number of nitrogens with zero attached hydrogens (tertiary/aromatic N) is 1. The summed E-state index contributed by atoms with van der Waals surface area (Å²) < 4.78 is 37.6. The number of halogens is 1. The number of sulfone groups is 1. The van der Waals surface area contributed by atoms with E-state index in [4.69, 9.17) is 5.11 Å². The normalized spacial score (nSPS) is 11.1. The third-order valence-electron chi connectivity index (χ3n) is 2.82. The Kier molecular flexibility index (Phi) is 3.91. The largest absolute Gasteiger partial charge is 0.478 e. The molecular weight excluding hydrogens is 317 g/mol. The van der Waals surface area contributed by atoms with Gasteiger partial charge in [0.2, 0.25) is 9.84 Å². The molecule has 0 saturated heterocycles. The zero-order valence-electron chi connectivity index (χ0n) is 10.8. The number of nitro benzene ring substituents is 1. The lowest BCUT2D eigenvalue weighted by molar-refractivity contribution is -0.387. The number of benzene rings is 2. The quantitative estimate of drug-likeness (QED) is 0.524. The lowest BCUT2D eigenvalue weighted by Gasteiger charge is -2.06. The highest BCUT2D eigenvalue weighted by Crippen LogP contribution is 2.30. The second-order valence-corrected chi connectivity index (χ2v) is 6.12. The molecule has 0 amide bonds. The SMILES string of the molecule is O=C(O)c1ccc(S(=O)(=O)c2ccc(F)cc2)c([N+](=O)[O-])c1. The number of hydrogen-bond acceptors (Lipinski definition) is 5. The van der Waals surface area contributed by atoms with Crippen LogP contribution in [0.1, 0.15) is 10.4 Å². The highest BCUT2D eigenvalue weighted by atomic mass is 32.2. The summed E-state index contributed by atoms with van der Waals surface area (Å²) >= 11 is 0. The van der Waals surface area contributed by atoms with Crippen LogP contribution in [0.25, 0.3) is 0 Å². The zero-order valence-corrected chi connectivity index (χ0v) is 11.6. The number of aromatic carboxylic acids is 1. The first-order valence-electron chi connectivity index (χ1n) is 5.76. The zero-order chi connectivity index (χ0) is 16.5. The predicted molar refractivity (Wildman–Crippen MR) is 71.9 cm³/mol. The summed E-state index contributed by atoms with van der Waals surface area (Å²) in [7, 11) is -4.28. The molecule has 9 heteroatoms. The minimum atomic E-state index is -4.28. The number of hydrogen-bond donors (Lipinski definition) is 1. The Morgan fingerprint density at radius 1 is 1.14 bits per heavy atom. The van der Waals surface area contributed by atoms with E-state index in [9.17, 15) is 27.7 Å². The Hall–Kier alpha value is -2.81. The first kappa shape index (κ1) is 15.6. The Balaban J connectivity index is 2.67. The minimum absolute atomic E-state index is 0.333. The Labute approximate surface area is 123 Å². The lowest BCUT2D eigenvalue weighted by atomic mass is 10.2. The molecule has 1 N–H and O–H groups in total. The van der Waals surface area contributed by atoms with E-state index < -0.39 is 42.7 Å². The van der Waals surface area contributed by atoms with E-state index in [0.717, 1.165) is 36.4 Å². The predicted octanol–water partition coefficient (Wildman–Crippen LogP) is 2.26. The van der Waals surface area contributed by atoms with Crippen molar-refractivity contribution in [2.24, 2.45) is 0 Å². The van der Waals surface area contributed by atoms with Gasteiger partial charge >= 0.3 is 5.97 Å². The molecule has 2 rings (SSSR count). The molecule has 0 unspecified atom stereocenters. The molecule has 0 aliphatic heterocycles. The van der Waals surface area contributed by atoms with Crippen molar-refractivity contribution < 1.29 is 27.6 Å². The van der Waals surface area contributed by atoms with E-state index >= 15 is 0 Å². The molecule has 0 aromatic heterocycles. The first-order chi connectivity index (χ1) is 10.2. The fourth-order valence-corrected chi connectivity index (χ4v) is 3.17. The van der Waals surface area contributed by atoms with Crippen LogP contribution in [0.2, 0.25) is 0 Å². The van der Waals surface area contributed by atoms with Gasteiger partial charge in [-0.1, -0.05) is 0 Å². The van der Waals surface area contributed by atoms with Gasteiger partial charge in [0.25, 0.3) is 5.69 Å². The third kappa shape index (κ3) is 2.79. The van der Waals surface area contributed by atoms with Crippen LogP contribution in [0, 0.1) is 15.9 Å². The molecule has 2 aromatic carbocycles. The Bertz CT molecular complexity index is 861. The molecule has 0 bridgehead atoms. The van der Waals surface area contributed by atoms with Crippen LogP contribution < -0.4 is 0 Å².